The standard InChI is InChI=1S/C14H18ClN3O2/c1-5-19-12-8-13(17-18(15)16-12)20-14-10(3)6-9(2)7-11(14)4/h6-8,17H,5H2,1-4H3. The molecule has 20 heavy (non-hydrogen) atoms. The third-order valence-corrected chi connectivity index (χ3v) is 2.91. The minimum absolute atomic E-state index is 0.402. The molecule has 0 bridgehead atoms. The largest absolute Gasteiger partial charge is 0.477 e. The van der Waals surface area contributed by atoms with Crippen LogP contribution in [-0.2, 0) is 4.74 Å². The minimum Gasteiger partial charge on any atom is -0.477 e. The van der Waals surface area contributed by atoms with E-state index < -0.39 is 0 Å². The van der Waals surface area contributed by atoms with E-state index in [1.807, 2.05) is 20.8 Å². The van der Waals surface area contributed by atoms with E-state index in [-0.39, 0.29) is 0 Å². The van der Waals surface area contributed by atoms with Gasteiger partial charge in [-0.1, -0.05) is 17.7 Å². The van der Waals surface area contributed by atoms with Gasteiger partial charge in [-0.2, -0.15) is 0 Å². The molecule has 1 aromatic carbocycles. The van der Waals surface area contributed by atoms with Gasteiger partial charge in [0.2, 0.25) is 11.8 Å². The average molecular weight is 296 g/mol. The maximum Gasteiger partial charge on any atom is 0.239 e. The molecule has 0 saturated carbocycles. The number of hydrogen-bond donors (Lipinski definition) is 1. The number of rotatable bonds is 3. The summed E-state index contributed by atoms with van der Waals surface area (Å²) in [5.41, 5.74) is 6.12. The normalized spacial score (nSPS) is 14.3. The van der Waals surface area contributed by atoms with Crippen molar-refractivity contribution in [2.75, 3.05) is 6.61 Å². The number of ether oxygens (including phenoxy) is 2. The van der Waals surface area contributed by atoms with Crippen LogP contribution in [0.15, 0.2) is 29.2 Å². The smallest absolute Gasteiger partial charge is 0.239 e. The van der Waals surface area contributed by atoms with Gasteiger partial charge in [0.25, 0.3) is 0 Å². The summed E-state index contributed by atoms with van der Waals surface area (Å²) in [6.07, 6.45) is 1.67. The molecule has 1 aliphatic heterocycles. The van der Waals surface area contributed by atoms with Gasteiger partial charge in [0.05, 0.1) is 24.5 Å². The van der Waals surface area contributed by atoms with Crippen LogP contribution in [0.25, 0.3) is 0 Å². The second-order valence-corrected chi connectivity index (χ2v) is 4.90. The third kappa shape index (κ3) is 3.36. The molecular weight excluding hydrogens is 278 g/mol. The molecule has 0 radical (unpaired) electrons. The molecule has 0 aliphatic carbocycles. The van der Waals surface area contributed by atoms with Crippen LogP contribution < -0.4 is 10.2 Å². The Hall–Kier alpha value is -1.88. The van der Waals surface area contributed by atoms with Crippen molar-refractivity contribution in [1.29, 1.82) is 0 Å². The van der Waals surface area contributed by atoms with E-state index >= 15 is 0 Å². The number of hydrogen-bond acceptors (Lipinski definition) is 5. The summed E-state index contributed by atoms with van der Waals surface area (Å²) >= 11 is 5.85. The van der Waals surface area contributed by atoms with E-state index in [1.165, 1.54) is 5.56 Å². The van der Waals surface area contributed by atoms with Crippen LogP contribution in [0.2, 0.25) is 0 Å². The van der Waals surface area contributed by atoms with Crippen molar-refractivity contribution >= 4 is 17.7 Å². The van der Waals surface area contributed by atoms with Crippen LogP contribution in [0.4, 0.5) is 0 Å². The number of halogens is 1. The van der Waals surface area contributed by atoms with Gasteiger partial charge in [0.1, 0.15) is 5.75 Å². The maximum atomic E-state index is 5.88. The first-order valence-corrected chi connectivity index (χ1v) is 6.74. The van der Waals surface area contributed by atoms with Crippen LogP contribution in [0, 0.1) is 20.8 Å². The predicted octanol–water partition coefficient (Wildman–Crippen LogP) is 3.16. The highest BCUT2D eigenvalue weighted by atomic mass is 35.5. The predicted molar refractivity (Wildman–Crippen MR) is 79.3 cm³/mol. The first-order chi connectivity index (χ1) is 9.49. The van der Waals surface area contributed by atoms with Crippen LogP contribution in [-0.4, -0.2) is 17.1 Å². The topological polar surface area (TPSA) is 46.1 Å². The lowest BCUT2D eigenvalue weighted by Crippen LogP contribution is -2.33. The van der Waals surface area contributed by atoms with Gasteiger partial charge in [0.15, 0.2) is 0 Å². The van der Waals surface area contributed by atoms with Crippen molar-refractivity contribution in [1.82, 2.24) is 10.1 Å². The molecule has 5 nitrogen and oxygen atoms in total. The molecule has 0 fully saturated rings. The fourth-order valence-electron chi connectivity index (χ4n) is 2.08. The highest BCUT2D eigenvalue weighted by Crippen LogP contribution is 2.26. The Morgan fingerprint density at radius 3 is 2.50 bits per heavy atom. The van der Waals surface area contributed by atoms with Gasteiger partial charge in [-0.25, -0.2) is 5.43 Å². The van der Waals surface area contributed by atoms with Crippen molar-refractivity contribution in [3.63, 3.8) is 0 Å². The molecule has 108 valence electrons. The molecule has 1 aliphatic rings. The molecule has 1 aromatic rings. The van der Waals surface area contributed by atoms with Gasteiger partial charge in [-0.3, -0.25) is 0 Å². The van der Waals surface area contributed by atoms with E-state index in [1.54, 1.807) is 6.08 Å². The number of nitrogens with one attached hydrogen (secondary N) is 1. The summed E-state index contributed by atoms with van der Waals surface area (Å²) in [5, 5.41) is 3.95. The Labute approximate surface area is 123 Å². The summed E-state index contributed by atoms with van der Waals surface area (Å²) < 4.78 is 12.3. The molecule has 0 saturated heterocycles. The Kier molecular flexibility index (Phi) is 4.39. The monoisotopic (exact) mass is 295 g/mol. The van der Waals surface area contributed by atoms with Crippen molar-refractivity contribution in [3.05, 3.63) is 40.8 Å². The Bertz CT molecular complexity index is 547. The SMILES string of the molecule is CCOC1=NN(Cl)NC(Oc2c(C)cc(C)cc2C)=C1. The van der Waals surface area contributed by atoms with Crippen molar-refractivity contribution in [2.24, 2.45) is 5.10 Å². The first kappa shape index (κ1) is 14.5. The summed E-state index contributed by atoms with van der Waals surface area (Å²) in [4.78, 5) is 0. The fraction of sp³-hybridized carbons (Fsp3) is 0.357. The molecule has 6 heteroatoms. The zero-order chi connectivity index (χ0) is 14.7. The molecular formula is C14H18ClN3O2. The average Bonchev–Trinajstić information content (AvgIpc) is 2.33. The van der Waals surface area contributed by atoms with Crippen LogP contribution in [0.5, 0.6) is 5.75 Å². The molecule has 0 spiro atoms. The number of aryl methyl sites for hydroxylation is 3. The van der Waals surface area contributed by atoms with E-state index in [0.29, 0.717) is 18.4 Å². The van der Waals surface area contributed by atoms with Crippen LogP contribution in [0.3, 0.4) is 0 Å². The Balaban J connectivity index is 2.24. The Morgan fingerprint density at radius 2 is 1.90 bits per heavy atom. The van der Waals surface area contributed by atoms with E-state index in [4.69, 9.17) is 21.3 Å². The number of hydrazine groups is 1. The quantitative estimate of drug-likeness (QED) is 0.870. The fourth-order valence-corrected chi connectivity index (χ4v) is 2.24. The highest BCUT2D eigenvalue weighted by Gasteiger charge is 2.16. The van der Waals surface area contributed by atoms with Crippen LogP contribution >= 0.6 is 11.8 Å². The summed E-state index contributed by atoms with van der Waals surface area (Å²) in [6, 6.07) is 4.14. The molecule has 1 heterocycles. The number of benzene rings is 1. The van der Waals surface area contributed by atoms with Gasteiger partial charge in [-0.05, 0) is 38.8 Å². The lowest BCUT2D eigenvalue weighted by molar-refractivity contribution is 0.250. The van der Waals surface area contributed by atoms with Gasteiger partial charge in [-0.15, -0.1) is 9.74 Å². The second kappa shape index (κ2) is 6.05. The van der Waals surface area contributed by atoms with Gasteiger partial charge >= 0.3 is 0 Å². The summed E-state index contributed by atoms with van der Waals surface area (Å²) in [5.74, 6) is 1.67. The van der Waals surface area contributed by atoms with Gasteiger partial charge in [0, 0.05) is 0 Å². The highest BCUT2D eigenvalue weighted by molar-refractivity contribution is 6.13. The minimum atomic E-state index is 0.402. The lowest BCUT2D eigenvalue weighted by atomic mass is 10.1. The lowest BCUT2D eigenvalue weighted by Gasteiger charge is -2.22. The molecule has 0 unspecified atom stereocenters. The Morgan fingerprint density at radius 1 is 1.25 bits per heavy atom. The van der Waals surface area contributed by atoms with Gasteiger partial charge < -0.3 is 9.47 Å². The van der Waals surface area contributed by atoms with Crippen molar-refractivity contribution in [2.45, 2.75) is 27.7 Å². The van der Waals surface area contributed by atoms with E-state index in [0.717, 1.165) is 21.5 Å². The molecule has 1 N–H and O–H groups in total. The summed E-state index contributed by atoms with van der Waals surface area (Å²) in [7, 11) is 0. The third-order valence-electron chi connectivity index (χ3n) is 2.75. The zero-order valence-corrected chi connectivity index (χ0v) is 12.8. The van der Waals surface area contributed by atoms with Crippen LogP contribution in [0.1, 0.15) is 23.6 Å². The molecule has 0 atom stereocenters. The maximum absolute atomic E-state index is 5.88. The van der Waals surface area contributed by atoms with E-state index in [9.17, 15) is 0 Å². The molecule has 0 aromatic heterocycles. The number of nitrogens with zero attached hydrogens (tertiary/aromatic N) is 2. The van der Waals surface area contributed by atoms with E-state index in [2.05, 4.69) is 29.6 Å². The van der Waals surface area contributed by atoms with Crippen molar-refractivity contribution < 1.29 is 9.47 Å². The second-order valence-electron chi connectivity index (χ2n) is 4.58. The summed E-state index contributed by atoms with van der Waals surface area (Å²) in [6.45, 7) is 8.47. The first-order valence-electron chi connectivity index (χ1n) is 6.41. The molecule has 2 rings (SSSR count). The van der Waals surface area contributed by atoms with Crippen molar-refractivity contribution in [3.8, 4) is 5.75 Å². The number of hydrazone groups is 1. The molecule has 0 amide bonds. The zero-order valence-electron chi connectivity index (χ0n) is 12.0.